The molecule has 5 rings (SSSR count). The first kappa shape index (κ1) is 21.6. The number of para-hydroxylation sites is 1. The number of hydrogen-bond donors (Lipinski definition) is 1. The lowest BCUT2D eigenvalue weighted by Crippen LogP contribution is -2.35. The zero-order valence-electron chi connectivity index (χ0n) is 17.9. The summed E-state index contributed by atoms with van der Waals surface area (Å²) >= 11 is 0. The van der Waals surface area contributed by atoms with Gasteiger partial charge in [0.1, 0.15) is 11.4 Å². The van der Waals surface area contributed by atoms with E-state index in [1.807, 2.05) is 0 Å². The number of amides is 2. The Morgan fingerprint density at radius 3 is 2.59 bits per heavy atom. The van der Waals surface area contributed by atoms with Gasteiger partial charge in [0.25, 0.3) is 11.8 Å². The van der Waals surface area contributed by atoms with Gasteiger partial charge in [0.05, 0.1) is 16.8 Å². The van der Waals surface area contributed by atoms with Crippen molar-refractivity contribution in [3.05, 3.63) is 84.1 Å². The van der Waals surface area contributed by atoms with Gasteiger partial charge in [-0.1, -0.05) is 24.3 Å². The number of fused-ring (bicyclic) bond motifs is 2. The van der Waals surface area contributed by atoms with Crippen LogP contribution in [0.25, 0.3) is 16.6 Å². The van der Waals surface area contributed by atoms with Gasteiger partial charge in [-0.05, 0) is 42.5 Å². The molecular formula is C25H18F3N3O3. The molecule has 0 atom stereocenters. The van der Waals surface area contributed by atoms with Gasteiger partial charge in [0.2, 0.25) is 0 Å². The van der Waals surface area contributed by atoms with Crippen molar-refractivity contribution in [2.24, 2.45) is 0 Å². The summed E-state index contributed by atoms with van der Waals surface area (Å²) in [6.07, 6.45) is -4.51. The number of halogens is 3. The number of carbonyl (C=O) groups is 2. The van der Waals surface area contributed by atoms with E-state index in [1.165, 1.54) is 21.6 Å². The van der Waals surface area contributed by atoms with Crippen LogP contribution in [0.3, 0.4) is 0 Å². The van der Waals surface area contributed by atoms with E-state index in [1.54, 1.807) is 55.6 Å². The number of nitrogens with zero attached hydrogens (tertiary/aromatic N) is 2. The number of alkyl halides is 3. The summed E-state index contributed by atoms with van der Waals surface area (Å²) in [4.78, 5) is 26.6. The fourth-order valence-corrected chi connectivity index (χ4v) is 3.97. The van der Waals surface area contributed by atoms with Gasteiger partial charge in [0, 0.05) is 29.9 Å². The highest BCUT2D eigenvalue weighted by molar-refractivity contribution is 6.07. The number of ether oxygens (including phenoxy) is 1. The van der Waals surface area contributed by atoms with Crippen LogP contribution < -0.4 is 15.0 Å². The van der Waals surface area contributed by atoms with E-state index in [-0.39, 0.29) is 23.9 Å². The fourth-order valence-electron chi connectivity index (χ4n) is 3.97. The lowest BCUT2D eigenvalue weighted by atomic mass is 10.2. The molecule has 0 radical (unpaired) electrons. The summed E-state index contributed by atoms with van der Waals surface area (Å²) in [6, 6.07) is 18.4. The Hall–Kier alpha value is -4.27. The maximum atomic E-state index is 13.3. The van der Waals surface area contributed by atoms with Crippen molar-refractivity contribution >= 4 is 34.1 Å². The van der Waals surface area contributed by atoms with Crippen LogP contribution >= 0.6 is 0 Å². The van der Waals surface area contributed by atoms with E-state index in [0.717, 1.165) is 12.1 Å². The van der Waals surface area contributed by atoms with Gasteiger partial charge in [0.15, 0.2) is 6.61 Å². The van der Waals surface area contributed by atoms with Crippen LogP contribution in [0.15, 0.2) is 72.8 Å². The Kier molecular flexibility index (Phi) is 5.04. The molecule has 0 saturated carbocycles. The summed E-state index contributed by atoms with van der Waals surface area (Å²) in [6.45, 7) is -0.106. The first-order valence-electron chi connectivity index (χ1n) is 10.4. The lowest BCUT2D eigenvalue weighted by Gasteiger charge is -2.26. The highest BCUT2D eigenvalue weighted by atomic mass is 19.4. The number of hydrogen-bond acceptors (Lipinski definition) is 3. The maximum Gasteiger partial charge on any atom is 0.416 e. The summed E-state index contributed by atoms with van der Waals surface area (Å²) in [5.74, 6) is -0.248. The average molecular weight is 465 g/mol. The molecule has 0 bridgehead atoms. The smallest absolute Gasteiger partial charge is 0.416 e. The van der Waals surface area contributed by atoms with Gasteiger partial charge in [-0.2, -0.15) is 13.2 Å². The standard InChI is InChI=1S/C25H18F3N3O3/c1-30-20-10-9-17(13-22(20)34-14-23(30)32)29-24(33)21-11-15-5-2-3-8-19(15)31(21)18-7-4-6-16(12-18)25(26,27)28/h2-13H,14H2,1H3,(H,29,33). The predicted molar refractivity (Wildman–Crippen MR) is 122 cm³/mol. The average Bonchev–Trinajstić information content (AvgIpc) is 3.21. The highest BCUT2D eigenvalue weighted by Gasteiger charge is 2.31. The topological polar surface area (TPSA) is 63.6 Å². The molecule has 6 nitrogen and oxygen atoms in total. The third-order valence-electron chi connectivity index (χ3n) is 5.68. The Labute approximate surface area is 192 Å². The van der Waals surface area contributed by atoms with E-state index in [9.17, 15) is 22.8 Å². The molecule has 0 saturated heterocycles. The van der Waals surface area contributed by atoms with E-state index in [4.69, 9.17) is 4.74 Å². The number of nitrogens with one attached hydrogen (secondary N) is 1. The maximum absolute atomic E-state index is 13.3. The van der Waals surface area contributed by atoms with Crippen molar-refractivity contribution in [2.75, 3.05) is 23.9 Å². The second kappa shape index (κ2) is 7.95. The largest absolute Gasteiger partial charge is 0.481 e. The minimum atomic E-state index is -4.51. The number of anilines is 2. The summed E-state index contributed by atoms with van der Waals surface area (Å²) < 4.78 is 47.0. The normalized spacial score (nSPS) is 13.5. The summed E-state index contributed by atoms with van der Waals surface area (Å²) in [7, 11) is 1.63. The van der Waals surface area contributed by atoms with Crippen LogP contribution in [0, 0.1) is 0 Å². The van der Waals surface area contributed by atoms with E-state index < -0.39 is 17.6 Å². The Morgan fingerprint density at radius 2 is 1.79 bits per heavy atom. The molecule has 1 aliphatic heterocycles. The van der Waals surface area contributed by atoms with Crippen LogP contribution in [0.4, 0.5) is 24.5 Å². The molecule has 1 aliphatic rings. The number of carbonyl (C=O) groups excluding carboxylic acids is 2. The molecule has 0 fully saturated rings. The fraction of sp³-hybridized carbons (Fsp3) is 0.120. The van der Waals surface area contributed by atoms with Gasteiger partial charge < -0.3 is 19.5 Å². The number of aromatic nitrogens is 1. The molecule has 9 heteroatoms. The van der Waals surface area contributed by atoms with Crippen molar-refractivity contribution in [1.82, 2.24) is 4.57 Å². The molecule has 2 heterocycles. The van der Waals surface area contributed by atoms with Crippen molar-refractivity contribution < 1.29 is 27.5 Å². The van der Waals surface area contributed by atoms with Gasteiger partial charge in [-0.3, -0.25) is 9.59 Å². The van der Waals surface area contributed by atoms with E-state index >= 15 is 0 Å². The van der Waals surface area contributed by atoms with Crippen molar-refractivity contribution in [2.45, 2.75) is 6.18 Å². The molecule has 4 aromatic rings. The van der Waals surface area contributed by atoms with Crippen LogP contribution in [-0.2, 0) is 11.0 Å². The molecule has 2 amide bonds. The van der Waals surface area contributed by atoms with E-state index in [2.05, 4.69) is 5.32 Å². The first-order chi connectivity index (χ1) is 16.2. The molecule has 1 aromatic heterocycles. The van der Waals surface area contributed by atoms with Crippen LogP contribution in [0.5, 0.6) is 5.75 Å². The molecule has 34 heavy (non-hydrogen) atoms. The third-order valence-corrected chi connectivity index (χ3v) is 5.68. The zero-order valence-corrected chi connectivity index (χ0v) is 17.9. The van der Waals surface area contributed by atoms with Crippen LogP contribution in [0.2, 0.25) is 0 Å². The predicted octanol–water partition coefficient (Wildman–Crippen LogP) is 5.26. The van der Waals surface area contributed by atoms with Crippen LogP contribution in [-0.4, -0.2) is 30.0 Å². The monoisotopic (exact) mass is 465 g/mol. The van der Waals surface area contributed by atoms with Gasteiger partial charge in [-0.25, -0.2) is 0 Å². The summed E-state index contributed by atoms with van der Waals surface area (Å²) in [5, 5.41) is 3.49. The van der Waals surface area contributed by atoms with Crippen molar-refractivity contribution in [3.8, 4) is 11.4 Å². The first-order valence-corrected chi connectivity index (χ1v) is 10.4. The molecule has 1 N–H and O–H groups in total. The molecule has 3 aromatic carbocycles. The number of likely N-dealkylation sites (N-methyl/N-ethyl adjacent to an activating group) is 1. The highest BCUT2D eigenvalue weighted by Crippen LogP contribution is 2.35. The lowest BCUT2D eigenvalue weighted by molar-refractivity contribution is -0.137. The third kappa shape index (κ3) is 3.75. The minimum absolute atomic E-state index is 0.106. The summed E-state index contributed by atoms with van der Waals surface area (Å²) in [5.41, 5.74) is 1.18. The SMILES string of the molecule is CN1C(=O)COc2cc(NC(=O)c3cc4ccccc4n3-c3cccc(C(F)(F)F)c3)ccc21. The molecule has 172 valence electrons. The Morgan fingerprint density at radius 1 is 1.00 bits per heavy atom. The van der Waals surface area contributed by atoms with Gasteiger partial charge in [-0.15, -0.1) is 0 Å². The minimum Gasteiger partial charge on any atom is -0.481 e. The Bertz CT molecular complexity index is 1440. The zero-order chi connectivity index (χ0) is 24.0. The van der Waals surface area contributed by atoms with Crippen molar-refractivity contribution in [1.29, 1.82) is 0 Å². The molecule has 0 unspecified atom stereocenters. The molecule has 0 spiro atoms. The number of benzene rings is 3. The molecular weight excluding hydrogens is 447 g/mol. The quantitative estimate of drug-likeness (QED) is 0.449. The van der Waals surface area contributed by atoms with Gasteiger partial charge >= 0.3 is 6.18 Å². The van der Waals surface area contributed by atoms with Crippen molar-refractivity contribution in [3.63, 3.8) is 0 Å². The Balaban J connectivity index is 1.55. The van der Waals surface area contributed by atoms with Crippen LogP contribution in [0.1, 0.15) is 16.1 Å². The molecule has 0 aliphatic carbocycles. The number of rotatable bonds is 3. The second-order valence-corrected chi connectivity index (χ2v) is 7.85. The van der Waals surface area contributed by atoms with E-state index in [0.29, 0.717) is 28.0 Å². The second-order valence-electron chi connectivity index (χ2n) is 7.85.